The highest BCUT2D eigenvalue weighted by atomic mass is 16.7. The second kappa shape index (κ2) is 3.94. The van der Waals surface area contributed by atoms with Crippen LogP contribution in [0.2, 0.25) is 0 Å². The number of nitriles is 1. The number of nitrogens with zero attached hydrogens (tertiary/aromatic N) is 2. The molecule has 1 aliphatic heterocycles. The fraction of sp³-hybridized carbons (Fsp3) is 0.923. The molecule has 3 fully saturated rings. The molecule has 3 aliphatic rings. The summed E-state index contributed by atoms with van der Waals surface area (Å²) in [5, 5.41) is 21.4. The van der Waals surface area contributed by atoms with Crippen molar-refractivity contribution in [1.82, 2.24) is 5.06 Å². The summed E-state index contributed by atoms with van der Waals surface area (Å²) in [6.45, 7) is 2.07. The maximum atomic E-state index is 9.93. The molecule has 4 atom stereocenters. The van der Waals surface area contributed by atoms with Crippen molar-refractivity contribution in [2.24, 2.45) is 5.92 Å². The number of fused-ring (bicyclic) bond motifs is 2. The lowest BCUT2D eigenvalue weighted by molar-refractivity contribution is -0.270. The van der Waals surface area contributed by atoms with Crippen molar-refractivity contribution in [3.8, 4) is 6.07 Å². The van der Waals surface area contributed by atoms with Crippen LogP contribution in [-0.4, -0.2) is 34.0 Å². The lowest BCUT2D eigenvalue weighted by Gasteiger charge is -2.44. The summed E-state index contributed by atoms with van der Waals surface area (Å²) in [7, 11) is 0. The van der Waals surface area contributed by atoms with Gasteiger partial charge >= 0.3 is 0 Å². The molecule has 0 amide bonds. The second-order valence-electron chi connectivity index (χ2n) is 5.83. The Labute approximate surface area is 102 Å². The minimum atomic E-state index is -0.425. The summed E-state index contributed by atoms with van der Waals surface area (Å²) in [5.74, 6) is 0.223. The standard InChI is InChI=1S/C13H20N2O2/c1-9-10-7-11(12(9)16)17-15(10)13(8-14)5-3-2-4-6-13/h9-12,16H,2-7H2,1H3/t9-,10?,11?,12?/m0/s1. The van der Waals surface area contributed by atoms with Gasteiger partial charge in [-0.1, -0.05) is 26.2 Å². The molecule has 94 valence electrons. The van der Waals surface area contributed by atoms with E-state index >= 15 is 0 Å². The van der Waals surface area contributed by atoms with Crippen molar-refractivity contribution >= 4 is 0 Å². The fourth-order valence-corrected chi connectivity index (χ4v) is 3.73. The molecule has 0 aromatic carbocycles. The zero-order valence-corrected chi connectivity index (χ0v) is 10.3. The Hall–Kier alpha value is -0.630. The molecule has 2 bridgehead atoms. The van der Waals surface area contributed by atoms with Gasteiger partial charge in [0.2, 0.25) is 0 Å². The average Bonchev–Trinajstić information content (AvgIpc) is 2.92. The van der Waals surface area contributed by atoms with E-state index in [-0.39, 0.29) is 24.2 Å². The first kappa shape index (κ1) is 11.5. The van der Waals surface area contributed by atoms with Crippen LogP contribution in [0.1, 0.15) is 45.4 Å². The Bertz CT molecular complexity index is 344. The maximum absolute atomic E-state index is 9.93. The van der Waals surface area contributed by atoms with Crippen molar-refractivity contribution in [2.45, 2.75) is 69.2 Å². The van der Waals surface area contributed by atoms with Gasteiger partial charge in [0.05, 0.1) is 12.2 Å². The van der Waals surface area contributed by atoms with Crippen LogP contribution >= 0.6 is 0 Å². The SMILES string of the molecule is C[C@@H]1C(O)C2CC1N(C1(C#N)CCCCC1)O2. The van der Waals surface area contributed by atoms with Gasteiger partial charge in [0.1, 0.15) is 11.6 Å². The van der Waals surface area contributed by atoms with Gasteiger partial charge in [0, 0.05) is 12.0 Å². The molecular weight excluding hydrogens is 216 g/mol. The van der Waals surface area contributed by atoms with Gasteiger partial charge in [-0.3, -0.25) is 4.84 Å². The molecule has 3 unspecified atom stereocenters. The summed E-state index contributed by atoms with van der Waals surface area (Å²) in [4.78, 5) is 5.84. The Kier molecular flexibility index (Phi) is 2.66. The summed E-state index contributed by atoms with van der Waals surface area (Å²) in [6.07, 6.45) is 5.72. The van der Waals surface area contributed by atoms with E-state index in [0.717, 1.165) is 32.1 Å². The minimum absolute atomic E-state index is 0.0813. The summed E-state index contributed by atoms with van der Waals surface area (Å²) in [5.41, 5.74) is -0.425. The molecule has 0 spiro atoms. The van der Waals surface area contributed by atoms with Crippen LogP contribution < -0.4 is 0 Å². The van der Waals surface area contributed by atoms with Crippen LogP contribution in [-0.2, 0) is 4.84 Å². The predicted octanol–water partition coefficient (Wildman–Crippen LogP) is 1.60. The molecule has 4 heteroatoms. The third kappa shape index (κ3) is 1.53. The lowest BCUT2D eigenvalue weighted by atomic mass is 9.81. The number of hydrogen-bond acceptors (Lipinski definition) is 4. The maximum Gasteiger partial charge on any atom is 0.133 e. The van der Waals surface area contributed by atoms with Gasteiger partial charge in [0.15, 0.2) is 0 Å². The fourth-order valence-electron chi connectivity index (χ4n) is 3.73. The monoisotopic (exact) mass is 236 g/mol. The molecule has 3 rings (SSSR count). The lowest BCUT2D eigenvalue weighted by Crippen LogP contribution is -2.56. The Morgan fingerprint density at radius 2 is 2.06 bits per heavy atom. The van der Waals surface area contributed by atoms with Crippen molar-refractivity contribution in [1.29, 1.82) is 5.26 Å². The van der Waals surface area contributed by atoms with Crippen molar-refractivity contribution in [3.05, 3.63) is 0 Å². The zero-order valence-electron chi connectivity index (χ0n) is 10.3. The molecule has 1 N–H and O–H groups in total. The first-order valence-electron chi connectivity index (χ1n) is 6.73. The molecular formula is C13H20N2O2. The topological polar surface area (TPSA) is 56.5 Å². The van der Waals surface area contributed by atoms with E-state index < -0.39 is 5.54 Å². The van der Waals surface area contributed by atoms with Gasteiger partial charge in [-0.15, -0.1) is 0 Å². The second-order valence-corrected chi connectivity index (χ2v) is 5.83. The van der Waals surface area contributed by atoms with E-state index in [0.29, 0.717) is 0 Å². The van der Waals surface area contributed by atoms with Gasteiger partial charge < -0.3 is 5.11 Å². The van der Waals surface area contributed by atoms with E-state index in [1.807, 2.05) is 5.06 Å². The van der Waals surface area contributed by atoms with Gasteiger partial charge in [-0.2, -0.15) is 10.3 Å². The predicted molar refractivity (Wildman–Crippen MR) is 61.7 cm³/mol. The quantitative estimate of drug-likeness (QED) is 0.751. The third-order valence-electron chi connectivity index (χ3n) is 4.86. The van der Waals surface area contributed by atoms with Crippen LogP contribution in [0, 0.1) is 17.2 Å². The van der Waals surface area contributed by atoms with Gasteiger partial charge in [-0.05, 0) is 19.3 Å². The van der Waals surface area contributed by atoms with E-state index in [1.165, 1.54) is 6.42 Å². The third-order valence-corrected chi connectivity index (χ3v) is 4.86. The van der Waals surface area contributed by atoms with E-state index in [1.54, 1.807) is 0 Å². The van der Waals surface area contributed by atoms with Gasteiger partial charge in [0.25, 0.3) is 0 Å². The largest absolute Gasteiger partial charge is 0.390 e. The molecule has 1 heterocycles. The van der Waals surface area contributed by atoms with Crippen molar-refractivity contribution < 1.29 is 9.94 Å². The molecule has 17 heavy (non-hydrogen) atoms. The molecule has 0 aromatic heterocycles. The zero-order chi connectivity index (χ0) is 12.0. The number of rotatable bonds is 1. The minimum Gasteiger partial charge on any atom is -0.390 e. The average molecular weight is 236 g/mol. The molecule has 1 saturated heterocycles. The first-order valence-corrected chi connectivity index (χ1v) is 6.73. The van der Waals surface area contributed by atoms with E-state index in [9.17, 15) is 10.4 Å². The number of aliphatic hydroxyl groups excluding tert-OH is 1. The van der Waals surface area contributed by atoms with E-state index in [4.69, 9.17) is 4.84 Å². The first-order chi connectivity index (χ1) is 8.18. The van der Waals surface area contributed by atoms with Gasteiger partial charge in [-0.25, -0.2) is 0 Å². The van der Waals surface area contributed by atoms with Crippen LogP contribution in [0.25, 0.3) is 0 Å². The van der Waals surface area contributed by atoms with E-state index in [2.05, 4.69) is 13.0 Å². The smallest absolute Gasteiger partial charge is 0.133 e. The Morgan fingerprint density at radius 1 is 1.35 bits per heavy atom. The summed E-state index contributed by atoms with van der Waals surface area (Å²) in [6, 6.07) is 2.73. The number of hydroxylamine groups is 2. The van der Waals surface area contributed by atoms with Crippen molar-refractivity contribution in [3.63, 3.8) is 0 Å². The summed E-state index contributed by atoms with van der Waals surface area (Å²) < 4.78 is 0. The molecule has 0 radical (unpaired) electrons. The van der Waals surface area contributed by atoms with Crippen molar-refractivity contribution in [2.75, 3.05) is 0 Å². The molecule has 2 aliphatic carbocycles. The summed E-state index contributed by atoms with van der Waals surface area (Å²) >= 11 is 0. The Balaban J connectivity index is 1.83. The molecule has 2 saturated carbocycles. The number of hydrogen-bond donors (Lipinski definition) is 1. The normalized spacial score (nSPS) is 44.8. The number of aliphatic hydroxyl groups is 1. The molecule has 0 aromatic rings. The van der Waals surface area contributed by atoms with Crippen LogP contribution in [0.4, 0.5) is 0 Å². The van der Waals surface area contributed by atoms with Crippen LogP contribution in [0.15, 0.2) is 0 Å². The highest BCUT2D eigenvalue weighted by molar-refractivity contribution is 5.13. The highest BCUT2D eigenvalue weighted by Crippen LogP contribution is 2.46. The van der Waals surface area contributed by atoms with Crippen LogP contribution in [0.5, 0.6) is 0 Å². The Morgan fingerprint density at radius 3 is 2.59 bits per heavy atom. The highest BCUT2D eigenvalue weighted by Gasteiger charge is 2.57. The molecule has 4 nitrogen and oxygen atoms in total. The van der Waals surface area contributed by atoms with Crippen LogP contribution in [0.3, 0.4) is 0 Å².